The molecular formula is C11H14Cl2N4S. The lowest BCUT2D eigenvalue weighted by atomic mass is 10.1. The lowest BCUT2D eigenvalue weighted by molar-refractivity contribution is 0.524. The summed E-state index contributed by atoms with van der Waals surface area (Å²) in [6, 6.07) is 1.85. The Morgan fingerprint density at radius 3 is 2.83 bits per heavy atom. The molecule has 0 saturated heterocycles. The first-order chi connectivity index (χ1) is 8.67. The van der Waals surface area contributed by atoms with Crippen molar-refractivity contribution in [3.63, 3.8) is 0 Å². The average Bonchev–Trinajstić information content (AvgIpc) is 2.89. The Bertz CT molecular complexity index is 523. The molecule has 0 aliphatic rings. The van der Waals surface area contributed by atoms with Crippen molar-refractivity contribution in [2.24, 2.45) is 0 Å². The first-order valence-electron chi connectivity index (χ1n) is 5.67. The minimum atomic E-state index is -0.0391. The van der Waals surface area contributed by atoms with Gasteiger partial charge in [0.15, 0.2) is 0 Å². The van der Waals surface area contributed by atoms with Crippen molar-refractivity contribution >= 4 is 34.5 Å². The fourth-order valence-electron chi connectivity index (χ4n) is 1.89. The molecule has 0 aliphatic carbocycles. The highest BCUT2D eigenvalue weighted by atomic mass is 35.5. The standard InChI is InChI=1S/C11H14Cl2N4S/c1-3-4-17-8(6-15-16-17)10(14-2)7-5-9(12)18-11(7)13/h5-6,10,14H,3-4H2,1-2H3. The number of aryl methyl sites for hydroxylation is 1. The van der Waals surface area contributed by atoms with Gasteiger partial charge >= 0.3 is 0 Å². The first-order valence-corrected chi connectivity index (χ1v) is 7.25. The zero-order valence-corrected chi connectivity index (χ0v) is 12.5. The summed E-state index contributed by atoms with van der Waals surface area (Å²) in [6.45, 7) is 2.94. The molecule has 0 radical (unpaired) electrons. The van der Waals surface area contributed by atoms with Crippen LogP contribution in [-0.2, 0) is 6.54 Å². The Morgan fingerprint density at radius 1 is 1.50 bits per heavy atom. The summed E-state index contributed by atoms with van der Waals surface area (Å²) >= 11 is 13.6. The Hall–Kier alpha value is -0.620. The molecule has 0 amide bonds. The van der Waals surface area contributed by atoms with Gasteiger partial charge in [0.1, 0.15) is 0 Å². The van der Waals surface area contributed by atoms with Crippen LogP contribution in [0.3, 0.4) is 0 Å². The number of halogens is 2. The van der Waals surface area contributed by atoms with E-state index in [1.807, 2.05) is 17.8 Å². The van der Waals surface area contributed by atoms with E-state index in [4.69, 9.17) is 23.2 Å². The van der Waals surface area contributed by atoms with Crippen LogP contribution >= 0.6 is 34.5 Å². The zero-order chi connectivity index (χ0) is 13.1. The van der Waals surface area contributed by atoms with Crippen LogP contribution in [0.15, 0.2) is 12.3 Å². The van der Waals surface area contributed by atoms with Gasteiger partial charge in [0.25, 0.3) is 0 Å². The van der Waals surface area contributed by atoms with E-state index in [-0.39, 0.29) is 6.04 Å². The van der Waals surface area contributed by atoms with Crippen molar-refractivity contribution in [2.45, 2.75) is 25.9 Å². The zero-order valence-electron chi connectivity index (χ0n) is 10.2. The molecule has 2 rings (SSSR count). The van der Waals surface area contributed by atoms with Crippen LogP contribution in [0.5, 0.6) is 0 Å². The van der Waals surface area contributed by atoms with Gasteiger partial charge in [-0.1, -0.05) is 35.3 Å². The van der Waals surface area contributed by atoms with Gasteiger partial charge in [0.05, 0.1) is 26.6 Å². The minimum absolute atomic E-state index is 0.0391. The highest BCUT2D eigenvalue weighted by molar-refractivity contribution is 7.20. The second-order valence-electron chi connectivity index (χ2n) is 3.88. The Balaban J connectivity index is 2.39. The van der Waals surface area contributed by atoms with E-state index in [1.165, 1.54) is 11.3 Å². The summed E-state index contributed by atoms with van der Waals surface area (Å²) in [4.78, 5) is 0. The van der Waals surface area contributed by atoms with Crippen LogP contribution in [0.4, 0.5) is 0 Å². The SMILES string of the molecule is CCCn1nncc1C(NC)c1cc(Cl)sc1Cl. The van der Waals surface area contributed by atoms with E-state index in [2.05, 4.69) is 22.6 Å². The van der Waals surface area contributed by atoms with Gasteiger partial charge < -0.3 is 5.32 Å². The summed E-state index contributed by atoms with van der Waals surface area (Å²) in [5, 5.41) is 11.3. The minimum Gasteiger partial charge on any atom is -0.308 e. The molecule has 4 nitrogen and oxygen atoms in total. The lowest BCUT2D eigenvalue weighted by Gasteiger charge is -2.16. The van der Waals surface area contributed by atoms with Gasteiger partial charge in [0, 0.05) is 12.1 Å². The van der Waals surface area contributed by atoms with Gasteiger partial charge in [-0.25, -0.2) is 4.68 Å². The van der Waals surface area contributed by atoms with E-state index in [0.29, 0.717) is 8.67 Å². The predicted octanol–water partition coefficient (Wildman–Crippen LogP) is 3.37. The average molecular weight is 305 g/mol. The quantitative estimate of drug-likeness (QED) is 0.921. The molecule has 2 aromatic heterocycles. The predicted molar refractivity (Wildman–Crippen MR) is 75.6 cm³/mol. The molecule has 2 aromatic rings. The van der Waals surface area contributed by atoms with Crippen molar-refractivity contribution in [3.05, 3.63) is 32.2 Å². The second kappa shape index (κ2) is 6.02. The largest absolute Gasteiger partial charge is 0.308 e. The molecule has 98 valence electrons. The van der Waals surface area contributed by atoms with Crippen molar-refractivity contribution in [3.8, 4) is 0 Å². The number of hydrogen-bond donors (Lipinski definition) is 1. The molecule has 0 fully saturated rings. The summed E-state index contributed by atoms with van der Waals surface area (Å²) in [5.41, 5.74) is 1.96. The van der Waals surface area contributed by atoms with Crippen molar-refractivity contribution < 1.29 is 0 Å². The van der Waals surface area contributed by atoms with E-state index >= 15 is 0 Å². The van der Waals surface area contributed by atoms with E-state index < -0.39 is 0 Å². The molecular weight excluding hydrogens is 291 g/mol. The Labute approximate surface area is 120 Å². The third-order valence-electron chi connectivity index (χ3n) is 2.66. The van der Waals surface area contributed by atoms with Crippen LogP contribution < -0.4 is 5.32 Å². The number of thiophene rings is 1. The maximum absolute atomic E-state index is 6.21. The molecule has 2 heterocycles. The molecule has 0 bridgehead atoms. The smallest absolute Gasteiger partial charge is 0.0996 e. The normalized spacial score (nSPS) is 12.9. The molecule has 0 saturated carbocycles. The van der Waals surface area contributed by atoms with E-state index in [9.17, 15) is 0 Å². The number of rotatable bonds is 5. The number of nitrogens with zero attached hydrogens (tertiary/aromatic N) is 3. The summed E-state index contributed by atoms with van der Waals surface area (Å²) in [7, 11) is 1.88. The van der Waals surface area contributed by atoms with Gasteiger partial charge in [-0.15, -0.1) is 16.4 Å². The van der Waals surface area contributed by atoms with Crippen molar-refractivity contribution in [1.82, 2.24) is 20.3 Å². The van der Waals surface area contributed by atoms with Crippen LogP contribution in [-0.4, -0.2) is 22.0 Å². The Morgan fingerprint density at radius 2 is 2.28 bits per heavy atom. The first kappa shape index (κ1) is 13.8. The Kier molecular flexibility index (Phi) is 4.61. The summed E-state index contributed by atoms with van der Waals surface area (Å²) < 4.78 is 3.27. The van der Waals surface area contributed by atoms with Crippen molar-refractivity contribution in [1.29, 1.82) is 0 Å². The maximum Gasteiger partial charge on any atom is 0.0996 e. The number of aromatic nitrogens is 3. The molecule has 1 atom stereocenters. The second-order valence-corrected chi connectivity index (χ2v) is 6.17. The molecule has 1 N–H and O–H groups in total. The third-order valence-corrected chi connectivity index (χ3v) is 4.18. The van der Waals surface area contributed by atoms with Crippen LogP contribution in [0.1, 0.15) is 30.6 Å². The topological polar surface area (TPSA) is 42.7 Å². The monoisotopic (exact) mass is 304 g/mol. The highest BCUT2D eigenvalue weighted by Crippen LogP contribution is 2.37. The molecule has 18 heavy (non-hydrogen) atoms. The third kappa shape index (κ3) is 2.69. The van der Waals surface area contributed by atoms with Gasteiger partial charge in [-0.05, 0) is 19.5 Å². The lowest BCUT2D eigenvalue weighted by Crippen LogP contribution is -2.21. The van der Waals surface area contributed by atoms with Crippen LogP contribution in [0, 0.1) is 0 Å². The molecule has 7 heteroatoms. The van der Waals surface area contributed by atoms with Gasteiger partial charge in [0.2, 0.25) is 0 Å². The summed E-state index contributed by atoms with van der Waals surface area (Å²) in [5.74, 6) is 0. The van der Waals surface area contributed by atoms with Gasteiger partial charge in [-0.3, -0.25) is 0 Å². The highest BCUT2D eigenvalue weighted by Gasteiger charge is 2.21. The van der Waals surface area contributed by atoms with Crippen LogP contribution in [0.25, 0.3) is 0 Å². The van der Waals surface area contributed by atoms with Gasteiger partial charge in [-0.2, -0.15) is 0 Å². The molecule has 0 aliphatic heterocycles. The van der Waals surface area contributed by atoms with E-state index in [0.717, 1.165) is 24.2 Å². The van der Waals surface area contributed by atoms with Crippen molar-refractivity contribution in [2.75, 3.05) is 7.05 Å². The molecule has 0 spiro atoms. The number of nitrogens with one attached hydrogen (secondary N) is 1. The summed E-state index contributed by atoms with van der Waals surface area (Å²) in [6.07, 6.45) is 2.77. The van der Waals surface area contributed by atoms with Crippen LogP contribution in [0.2, 0.25) is 8.67 Å². The number of hydrogen-bond acceptors (Lipinski definition) is 4. The molecule has 1 unspecified atom stereocenters. The van der Waals surface area contributed by atoms with E-state index in [1.54, 1.807) is 6.20 Å². The maximum atomic E-state index is 6.21. The molecule has 0 aromatic carbocycles. The fraction of sp³-hybridized carbons (Fsp3) is 0.455. The fourth-order valence-corrected chi connectivity index (χ4v) is 3.42.